The van der Waals surface area contributed by atoms with E-state index >= 15 is 0 Å². The number of anilines is 1. The quantitative estimate of drug-likeness (QED) is 0.765. The van der Waals surface area contributed by atoms with Crippen LogP contribution in [0.3, 0.4) is 0 Å². The maximum atomic E-state index is 14.0. The summed E-state index contributed by atoms with van der Waals surface area (Å²) in [5.74, 6) is -0.958. The topological polar surface area (TPSA) is 49.9 Å². The van der Waals surface area contributed by atoms with E-state index in [2.05, 4.69) is 15.9 Å². The molecule has 0 radical (unpaired) electrons. The molecule has 0 saturated carbocycles. The molecule has 1 saturated heterocycles. The number of ether oxygens (including phenoxy) is 1. The zero-order valence-corrected chi connectivity index (χ0v) is 14.3. The lowest BCUT2D eigenvalue weighted by atomic mass is 10.2. The molecular formula is C15H18BrFN2O3. The molecule has 0 aliphatic carbocycles. The van der Waals surface area contributed by atoms with Crippen molar-refractivity contribution in [2.24, 2.45) is 0 Å². The smallest absolute Gasteiger partial charge is 0.326 e. The van der Waals surface area contributed by atoms with Crippen LogP contribution in [0.1, 0.15) is 20.8 Å². The summed E-state index contributed by atoms with van der Waals surface area (Å²) in [6, 6.07) is 4.11. The normalized spacial score (nSPS) is 15.4. The first-order valence-electron chi connectivity index (χ1n) is 6.91. The maximum Gasteiger partial charge on any atom is 0.326 e. The van der Waals surface area contributed by atoms with Gasteiger partial charge in [-0.05, 0) is 39.0 Å². The van der Waals surface area contributed by atoms with Crippen molar-refractivity contribution >= 4 is 33.6 Å². The lowest BCUT2D eigenvalue weighted by Gasteiger charge is -2.22. The molecule has 7 heteroatoms. The Balaban J connectivity index is 2.05. The highest BCUT2D eigenvalue weighted by Gasteiger charge is 2.33. The Hall–Kier alpha value is -1.63. The number of esters is 1. The van der Waals surface area contributed by atoms with Crippen LogP contribution in [0.2, 0.25) is 0 Å². The van der Waals surface area contributed by atoms with Gasteiger partial charge >= 0.3 is 12.0 Å². The fourth-order valence-electron chi connectivity index (χ4n) is 2.18. The van der Waals surface area contributed by atoms with E-state index in [9.17, 15) is 14.0 Å². The molecule has 1 aromatic rings. The van der Waals surface area contributed by atoms with Crippen molar-refractivity contribution < 1.29 is 18.7 Å². The van der Waals surface area contributed by atoms with Crippen molar-refractivity contribution in [2.75, 3.05) is 24.5 Å². The molecule has 1 aliphatic rings. The van der Waals surface area contributed by atoms with E-state index in [1.807, 2.05) is 0 Å². The Kier molecular flexibility index (Phi) is 4.75. The van der Waals surface area contributed by atoms with Gasteiger partial charge in [-0.25, -0.2) is 9.18 Å². The van der Waals surface area contributed by atoms with Crippen LogP contribution in [0.5, 0.6) is 0 Å². The predicted molar refractivity (Wildman–Crippen MR) is 84.3 cm³/mol. The molecule has 22 heavy (non-hydrogen) atoms. The van der Waals surface area contributed by atoms with Gasteiger partial charge in [0.1, 0.15) is 18.0 Å². The summed E-state index contributed by atoms with van der Waals surface area (Å²) >= 11 is 3.18. The third kappa shape index (κ3) is 3.97. The number of rotatable bonds is 3. The molecule has 2 rings (SSSR count). The van der Waals surface area contributed by atoms with Gasteiger partial charge in [-0.1, -0.05) is 15.9 Å². The molecule has 5 nitrogen and oxygen atoms in total. The highest BCUT2D eigenvalue weighted by atomic mass is 79.9. The van der Waals surface area contributed by atoms with Gasteiger partial charge in [0.15, 0.2) is 0 Å². The van der Waals surface area contributed by atoms with Gasteiger partial charge in [0.05, 0.1) is 5.69 Å². The van der Waals surface area contributed by atoms with Crippen LogP contribution in [-0.2, 0) is 9.53 Å². The molecule has 0 aromatic heterocycles. The molecular weight excluding hydrogens is 355 g/mol. The number of carbonyl (C=O) groups is 2. The van der Waals surface area contributed by atoms with Crippen LogP contribution in [0.15, 0.2) is 22.7 Å². The van der Waals surface area contributed by atoms with E-state index in [0.717, 1.165) is 0 Å². The first-order valence-corrected chi connectivity index (χ1v) is 7.70. The fourth-order valence-corrected chi connectivity index (χ4v) is 2.52. The average Bonchev–Trinajstić information content (AvgIpc) is 2.69. The Labute approximate surface area is 137 Å². The van der Waals surface area contributed by atoms with Crippen molar-refractivity contribution in [1.82, 2.24) is 4.90 Å². The van der Waals surface area contributed by atoms with E-state index in [0.29, 0.717) is 17.6 Å². The van der Waals surface area contributed by atoms with Gasteiger partial charge in [0, 0.05) is 17.6 Å². The Bertz CT molecular complexity index is 601. The number of nitrogens with zero attached hydrogens (tertiary/aromatic N) is 2. The van der Waals surface area contributed by atoms with Crippen molar-refractivity contribution in [2.45, 2.75) is 26.4 Å². The van der Waals surface area contributed by atoms with Crippen LogP contribution in [0, 0.1) is 5.82 Å². The molecule has 120 valence electrons. The summed E-state index contributed by atoms with van der Waals surface area (Å²) in [5.41, 5.74) is -0.392. The second kappa shape index (κ2) is 6.24. The molecule has 1 heterocycles. The summed E-state index contributed by atoms with van der Waals surface area (Å²) in [6.45, 7) is 5.85. The van der Waals surface area contributed by atoms with E-state index in [4.69, 9.17) is 4.74 Å². The van der Waals surface area contributed by atoms with Crippen LogP contribution >= 0.6 is 15.9 Å². The Morgan fingerprint density at radius 1 is 1.36 bits per heavy atom. The number of carbonyl (C=O) groups excluding carboxylic acids is 2. The van der Waals surface area contributed by atoms with Crippen molar-refractivity contribution in [3.8, 4) is 0 Å². The number of hydrogen-bond acceptors (Lipinski definition) is 3. The molecule has 1 aliphatic heterocycles. The SMILES string of the molecule is CC(C)(C)OC(=O)CN1CCN(c2ccc(Br)cc2F)C1=O. The Morgan fingerprint density at radius 2 is 2.05 bits per heavy atom. The average molecular weight is 373 g/mol. The zero-order valence-electron chi connectivity index (χ0n) is 12.7. The number of amides is 2. The highest BCUT2D eigenvalue weighted by molar-refractivity contribution is 9.10. The van der Waals surface area contributed by atoms with E-state index in [-0.39, 0.29) is 12.2 Å². The minimum atomic E-state index is -0.600. The standard InChI is InChI=1S/C15H18BrFN2O3/c1-15(2,3)22-13(20)9-18-6-7-19(14(18)21)12-5-4-10(16)8-11(12)17/h4-5,8H,6-7,9H2,1-3H3. The maximum absolute atomic E-state index is 14.0. The molecule has 0 unspecified atom stereocenters. The molecule has 0 bridgehead atoms. The van der Waals surface area contributed by atoms with Gasteiger partial charge in [0.25, 0.3) is 0 Å². The summed E-state index contributed by atoms with van der Waals surface area (Å²) in [7, 11) is 0. The lowest BCUT2D eigenvalue weighted by molar-refractivity contribution is -0.155. The zero-order chi connectivity index (χ0) is 16.5. The van der Waals surface area contributed by atoms with Gasteiger partial charge in [-0.15, -0.1) is 0 Å². The lowest BCUT2D eigenvalue weighted by Crippen LogP contribution is -2.38. The van der Waals surface area contributed by atoms with Crippen molar-refractivity contribution in [1.29, 1.82) is 0 Å². The Morgan fingerprint density at radius 3 is 2.64 bits per heavy atom. The van der Waals surface area contributed by atoms with Crippen LogP contribution in [-0.4, -0.2) is 42.1 Å². The van der Waals surface area contributed by atoms with Crippen LogP contribution in [0.4, 0.5) is 14.9 Å². The molecule has 0 N–H and O–H groups in total. The third-order valence-electron chi connectivity index (χ3n) is 3.04. The summed E-state index contributed by atoms with van der Waals surface area (Å²) < 4.78 is 19.8. The second-order valence-electron chi connectivity index (χ2n) is 6.04. The predicted octanol–water partition coefficient (Wildman–Crippen LogP) is 3.17. The molecule has 0 atom stereocenters. The van der Waals surface area contributed by atoms with E-state index in [1.54, 1.807) is 26.8 Å². The molecule has 2 amide bonds. The number of hydrogen-bond donors (Lipinski definition) is 0. The number of halogens is 2. The van der Waals surface area contributed by atoms with E-state index in [1.165, 1.54) is 21.9 Å². The minimum Gasteiger partial charge on any atom is -0.459 e. The fraction of sp³-hybridized carbons (Fsp3) is 0.467. The summed E-state index contributed by atoms with van der Waals surface area (Å²) in [6.07, 6.45) is 0. The summed E-state index contributed by atoms with van der Waals surface area (Å²) in [5, 5.41) is 0. The second-order valence-corrected chi connectivity index (χ2v) is 6.95. The van der Waals surface area contributed by atoms with Crippen LogP contribution < -0.4 is 4.90 Å². The van der Waals surface area contributed by atoms with Gasteiger partial charge in [0.2, 0.25) is 0 Å². The number of benzene rings is 1. The third-order valence-corrected chi connectivity index (χ3v) is 3.53. The molecule has 0 spiro atoms. The first-order chi connectivity index (χ1) is 10.2. The largest absolute Gasteiger partial charge is 0.459 e. The van der Waals surface area contributed by atoms with Gasteiger partial charge in [-0.2, -0.15) is 0 Å². The molecule has 1 fully saturated rings. The van der Waals surface area contributed by atoms with Gasteiger partial charge < -0.3 is 9.64 Å². The summed E-state index contributed by atoms with van der Waals surface area (Å²) in [4.78, 5) is 26.8. The van der Waals surface area contributed by atoms with Crippen LogP contribution in [0.25, 0.3) is 0 Å². The van der Waals surface area contributed by atoms with Gasteiger partial charge in [-0.3, -0.25) is 9.69 Å². The van der Waals surface area contributed by atoms with E-state index < -0.39 is 23.4 Å². The minimum absolute atomic E-state index is 0.134. The first kappa shape index (κ1) is 16.7. The highest BCUT2D eigenvalue weighted by Crippen LogP contribution is 2.26. The molecule has 1 aromatic carbocycles. The van der Waals surface area contributed by atoms with Crippen molar-refractivity contribution in [3.63, 3.8) is 0 Å². The monoisotopic (exact) mass is 372 g/mol. The van der Waals surface area contributed by atoms with Crippen molar-refractivity contribution in [3.05, 3.63) is 28.5 Å². The number of urea groups is 1.